The topological polar surface area (TPSA) is 102 Å². The molecular weight excluding hydrogens is 410 g/mol. The third kappa shape index (κ3) is 5.43. The molecule has 0 saturated heterocycles. The van der Waals surface area contributed by atoms with Crippen molar-refractivity contribution in [1.29, 1.82) is 0 Å². The number of anilines is 1. The van der Waals surface area contributed by atoms with Gasteiger partial charge in [-0.2, -0.15) is 0 Å². The lowest BCUT2D eigenvalue weighted by Gasteiger charge is -2.07. The lowest BCUT2D eigenvalue weighted by Crippen LogP contribution is -2.22. The second kappa shape index (κ2) is 9.36. The zero-order valence-electron chi connectivity index (χ0n) is 16.6. The summed E-state index contributed by atoms with van der Waals surface area (Å²) in [4.78, 5) is 28.9. The third-order valence-electron chi connectivity index (χ3n) is 4.59. The summed E-state index contributed by atoms with van der Waals surface area (Å²) in [5.74, 6) is 0.615. The molecule has 4 rings (SSSR count). The molecule has 2 aromatic carbocycles. The summed E-state index contributed by atoms with van der Waals surface area (Å²) in [5.41, 5.74) is 9.16. The number of rotatable bonds is 7. The zero-order valence-corrected chi connectivity index (χ0v) is 17.4. The number of hydrogen-bond acceptors (Lipinski definition) is 4. The van der Waals surface area contributed by atoms with Crippen LogP contribution in [0.3, 0.4) is 0 Å². The fourth-order valence-electron chi connectivity index (χ4n) is 3.05. The molecule has 31 heavy (non-hydrogen) atoms. The summed E-state index contributed by atoms with van der Waals surface area (Å²) >= 11 is 1.68. The first-order valence-corrected chi connectivity index (χ1v) is 10.6. The van der Waals surface area contributed by atoms with Crippen molar-refractivity contribution >= 4 is 35.0 Å². The first-order chi connectivity index (χ1) is 15.1. The van der Waals surface area contributed by atoms with Crippen molar-refractivity contribution in [2.75, 3.05) is 5.32 Å². The van der Waals surface area contributed by atoms with E-state index in [2.05, 4.69) is 15.6 Å². The number of nitrogens with two attached hydrogens (primary N) is 1. The highest BCUT2D eigenvalue weighted by atomic mass is 32.2. The molecule has 0 aliphatic heterocycles. The molecule has 0 radical (unpaired) electrons. The van der Waals surface area contributed by atoms with Crippen molar-refractivity contribution in [3.63, 3.8) is 0 Å². The molecule has 7 nitrogen and oxygen atoms in total. The summed E-state index contributed by atoms with van der Waals surface area (Å²) in [5, 5.41) is 5.40. The van der Waals surface area contributed by atoms with Gasteiger partial charge >= 0.3 is 6.03 Å². The number of hydrogen-bond donors (Lipinski definition) is 3. The van der Waals surface area contributed by atoms with Crippen molar-refractivity contribution in [3.05, 3.63) is 95.9 Å². The average Bonchev–Trinajstić information content (AvgIpc) is 3.20. The van der Waals surface area contributed by atoms with Crippen molar-refractivity contribution < 1.29 is 9.59 Å². The Morgan fingerprint density at radius 1 is 1.00 bits per heavy atom. The van der Waals surface area contributed by atoms with Gasteiger partial charge < -0.3 is 20.8 Å². The van der Waals surface area contributed by atoms with Crippen LogP contribution in [-0.4, -0.2) is 21.3 Å². The Bertz CT molecular complexity index is 1170. The molecule has 0 aliphatic carbocycles. The second-order valence-corrected chi connectivity index (χ2v) is 7.93. The molecule has 4 aromatic rings. The van der Waals surface area contributed by atoms with E-state index in [1.165, 1.54) is 0 Å². The monoisotopic (exact) mass is 431 g/mol. The van der Waals surface area contributed by atoms with Crippen molar-refractivity contribution in [1.82, 2.24) is 14.7 Å². The number of amides is 3. The van der Waals surface area contributed by atoms with Gasteiger partial charge in [-0.1, -0.05) is 18.2 Å². The second-order valence-electron chi connectivity index (χ2n) is 6.88. The maximum Gasteiger partial charge on any atom is 0.316 e. The van der Waals surface area contributed by atoms with Crippen LogP contribution < -0.4 is 16.4 Å². The number of carbonyl (C=O) groups excluding carboxylic acids is 2. The minimum atomic E-state index is -0.610. The molecular formula is C23H21N5O2S. The first-order valence-electron chi connectivity index (χ1n) is 9.66. The molecule has 2 heterocycles. The van der Waals surface area contributed by atoms with E-state index in [0.29, 0.717) is 17.8 Å². The van der Waals surface area contributed by atoms with Crippen molar-refractivity contribution in [3.8, 4) is 0 Å². The highest BCUT2D eigenvalue weighted by Gasteiger charge is 2.07. The van der Waals surface area contributed by atoms with E-state index >= 15 is 0 Å². The SMILES string of the molecule is NC(=O)Nc1ccc(CNC(=O)c2ccc(SCc3cn4ccccc4n3)cc2)cc1. The number of thioether (sulfide) groups is 1. The van der Waals surface area contributed by atoms with Crippen LogP contribution in [0.2, 0.25) is 0 Å². The van der Waals surface area contributed by atoms with Crippen LogP contribution in [0, 0.1) is 0 Å². The van der Waals surface area contributed by atoms with Crippen molar-refractivity contribution in [2.24, 2.45) is 5.73 Å². The van der Waals surface area contributed by atoms with Gasteiger partial charge in [0.15, 0.2) is 0 Å². The molecule has 0 bridgehead atoms. The number of urea groups is 1. The molecule has 0 atom stereocenters. The summed E-state index contributed by atoms with van der Waals surface area (Å²) in [6.45, 7) is 0.389. The van der Waals surface area contributed by atoms with Crippen LogP contribution in [0.1, 0.15) is 21.6 Å². The van der Waals surface area contributed by atoms with Gasteiger partial charge in [-0.3, -0.25) is 4.79 Å². The van der Waals surface area contributed by atoms with Gasteiger partial charge in [0.05, 0.1) is 5.69 Å². The van der Waals surface area contributed by atoms with E-state index in [4.69, 9.17) is 5.73 Å². The normalized spacial score (nSPS) is 10.7. The van der Waals surface area contributed by atoms with Gasteiger partial charge in [0.1, 0.15) is 5.65 Å². The lowest BCUT2D eigenvalue weighted by atomic mass is 10.2. The number of nitrogens with zero attached hydrogens (tertiary/aromatic N) is 2. The van der Waals surface area contributed by atoms with Gasteiger partial charge in [0.2, 0.25) is 0 Å². The predicted octanol–water partition coefficient (Wildman–Crippen LogP) is 4.05. The van der Waals surface area contributed by atoms with Gasteiger partial charge in [0, 0.05) is 40.8 Å². The van der Waals surface area contributed by atoms with E-state index in [0.717, 1.165) is 27.6 Å². The van der Waals surface area contributed by atoms with Crippen LogP contribution in [-0.2, 0) is 12.3 Å². The molecule has 2 aromatic heterocycles. The number of imidazole rings is 1. The van der Waals surface area contributed by atoms with Gasteiger partial charge in [-0.15, -0.1) is 11.8 Å². The Labute approximate surface area is 183 Å². The van der Waals surface area contributed by atoms with Gasteiger partial charge in [0.25, 0.3) is 5.91 Å². The maximum atomic E-state index is 12.4. The molecule has 4 N–H and O–H groups in total. The molecule has 0 fully saturated rings. The van der Waals surface area contributed by atoms with Crippen LogP contribution in [0.25, 0.3) is 5.65 Å². The Hall–Kier alpha value is -3.78. The predicted molar refractivity (Wildman–Crippen MR) is 122 cm³/mol. The Morgan fingerprint density at radius 2 is 1.77 bits per heavy atom. The molecule has 3 amide bonds. The van der Waals surface area contributed by atoms with Crippen LogP contribution in [0.5, 0.6) is 0 Å². The maximum absolute atomic E-state index is 12.4. The van der Waals surface area contributed by atoms with E-state index in [9.17, 15) is 9.59 Å². The molecule has 0 aliphatic rings. The zero-order chi connectivity index (χ0) is 21.6. The quantitative estimate of drug-likeness (QED) is 0.384. The van der Waals surface area contributed by atoms with E-state index in [1.54, 1.807) is 23.9 Å². The lowest BCUT2D eigenvalue weighted by molar-refractivity contribution is 0.0951. The summed E-state index contributed by atoms with van der Waals surface area (Å²) in [6.07, 6.45) is 4.01. The number of carbonyl (C=O) groups is 2. The Morgan fingerprint density at radius 3 is 2.48 bits per heavy atom. The van der Waals surface area contributed by atoms with E-state index in [-0.39, 0.29) is 5.91 Å². The number of pyridine rings is 1. The average molecular weight is 432 g/mol. The van der Waals surface area contributed by atoms with E-state index in [1.807, 2.05) is 71.4 Å². The molecule has 8 heteroatoms. The third-order valence-corrected chi connectivity index (χ3v) is 5.64. The Balaban J connectivity index is 1.29. The molecule has 0 saturated carbocycles. The smallest absolute Gasteiger partial charge is 0.316 e. The summed E-state index contributed by atoms with van der Waals surface area (Å²) in [7, 11) is 0. The highest BCUT2D eigenvalue weighted by molar-refractivity contribution is 7.98. The number of primary amides is 1. The van der Waals surface area contributed by atoms with E-state index < -0.39 is 6.03 Å². The van der Waals surface area contributed by atoms with Crippen LogP contribution >= 0.6 is 11.8 Å². The summed E-state index contributed by atoms with van der Waals surface area (Å²) in [6, 6.07) is 20.0. The summed E-state index contributed by atoms with van der Waals surface area (Å²) < 4.78 is 2.01. The molecule has 0 spiro atoms. The van der Waals surface area contributed by atoms with Gasteiger partial charge in [-0.05, 0) is 54.1 Å². The minimum Gasteiger partial charge on any atom is -0.351 e. The standard InChI is InChI=1S/C23H21N5O2S/c24-23(30)27-18-8-4-16(5-9-18)13-25-22(29)17-6-10-20(11-7-17)31-15-19-14-28-12-2-1-3-21(28)26-19/h1-12,14H,13,15H2,(H,25,29)(H3,24,27,30). The minimum absolute atomic E-state index is 0.142. The number of nitrogens with one attached hydrogen (secondary N) is 2. The first kappa shape index (κ1) is 20.5. The molecule has 156 valence electrons. The Kier molecular flexibility index (Phi) is 6.18. The fraction of sp³-hybridized carbons (Fsp3) is 0.0870. The number of aromatic nitrogens is 2. The van der Waals surface area contributed by atoms with Crippen molar-refractivity contribution in [2.45, 2.75) is 17.2 Å². The number of benzene rings is 2. The fourth-order valence-corrected chi connectivity index (χ4v) is 3.83. The van der Waals surface area contributed by atoms with Gasteiger partial charge in [-0.25, -0.2) is 9.78 Å². The largest absolute Gasteiger partial charge is 0.351 e. The highest BCUT2D eigenvalue weighted by Crippen LogP contribution is 2.23. The number of fused-ring (bicyclic) bond motifs is 1. The van der Waals surface area contributed by atoms with Crippen LogP contribution in [0.15, 0.2) is 84.0 Å². The van der Waals surface area contributed by atoms with Crippen LogP contribution in [0.4, 0.5) is 10.5 Å². The molecule has 0 unspecified atom stereocenters.